The van der Waals surface area contributed by atoms with E-state index in [2.05, 4.69) is 4.98 Å². The number of likely N-dealkylation sites (tertiary alicyclic amines) is 1. The normalized spacial score (nSPS) is 21.9. The summed E-state index contributed by atoms with van der Waals surface area (Å²) in [5.74, 6) is 0.579. The molecule has 1 aromatic rings. The lowest BCUT2D eigenvalue weighted by Crippen LogP contribution is -2.49. The molecule has 2 atom stereocenters. The van der Waals surface area contributed by atoms with E-state index in [1.807, 2.05) is 6.92 Å². The number of aliphatic hydroxyl groups is 1. The number of piperidine rings is 1. The van der Waals surface area contributed by atoms with Crippen molar-refractivity contribution in [3.05, 3.63) is 22.1 Å². The average Bonchev–Trinajstić information content (AvgIpc) is 2.86. The third-order valence-corrected chi connectivity index (χ3v) is 4.34. The van der Waals surface area contributed by atoms with Gasteiger partial charge in [-0.2, -0.15) is 0 Å². The minimum Gasteiger partial charge on any atom is -0.394 e. The molecule has 2 heterocycles. The van der Waals surface area contributed by atoms with E-state index in [1.54, 1.807) is 16.4 Å². The number of carbonyl (C=O) groups is 1. The molecular weight excluding hydrogens is 288 g/mol. The molecule has 1 aliphatic rings. The number of imidazole rings is 1. The Morgan fingerprint density at radius 3 is 2.91 bits per heavy atom. The number of aliphatic hydroxyl groups excluding tert-OH is 1. The van der Waals surface area contributed by atoms with Crippen molar-refractivity contribution < 1.29 is 14.8 Å². The number of hydrogen-bond donors (Lipinski definition) is 1. The first-order valence-corrected chi connectivity index (χ1v) is 7.52. The zero-order valence-corrected chi connectivity index (χ0v) is 12.9. The van der Waals surface area contributed by atoms with Crippen molar-refractivity contribution in [2.24, 2.45) is 5.92 Å². The van der Waals surface area contributed by atoms with Crippen molar-refractivity contribution >= 4 is 11.7 Å². The Kier molecular flexibility index (Phi) is 5.12. The Morgan fingerprint density at radius 2 is 2.32 bits per heavy atom. The highest BCUT2D eigenvalue weighted by Gasteiger charge is 2.31. The minimum absolute atomic E-state index is 0.0253. The first-order valence-electron chi connectivity index (χ1n) is 7.52. The number of nitro groups is 1. The van der Waals surface area contributed by atoms with Crippen LogP contribution in [0, 0.1) is 23.0 Å². The van der Waals surface area contributed by atoms with E-state index in [0.717, 1.165) is 12.8 Å². The third kappa shape index (κ3) is 3.44. The molecule has 122 valence electrons. The summed E-state index contributed by atoms with van der Waals surface area (Å²) in [7, 11) is 0. The van der Waals surface area contributed by atoms with Gasteiger partial charge in [0.25, 0.3) is 0 Å². The number of aromatic nitrogens is 2. The SMILES string of the molecule is Cc1nc([N+](=O)[O-])cn1CCC(=O)N1CCCC(C)C1CO. The van der Waals surface area contributed by atoms with Gasteiger partial charge >= 0.3 is 5.82 Å². The quantitative estimate of drug-likeness (QED) is 0.648. The molecule has 8 heteroatoms. The van der Waals surface area contributed by atoms with Crippen LogP contribution in [0.1, 0.15) is 32.0 Å². The number of aryl methyl sites for hydroxylation is 2. The lowest BCUT2D eigenvalue weighted by atomic mass is 9.91. The number of hydrogen-bond acceptors (Lipinski definition) is 5. The number of nitrogens with zero attached hydrogens (tertiary/aromatic N) is 4. The van der Waals surface area contributed by atoms with Gasteiger partial charge in [0.2, 0.25) is 11.7 Å². The summed E-state index contributed by atoms with van der Waals surface area (Å²) >= 11 is 0. The maximum atomic E-state index is 12.4. The molecule has 22 heavy (non-hydrogen) atoms. The van der Waals surface area contributed by atoms with Crippen molar-refractivity contribution in [3.8, 4) is 0 Å². The van der Waals surface area contributed by atoms with Gasteiger partial charge < -0.3 is 24.7 Å². The van der Waals surface area contributed by atoms with E-state index < -0.39 is 4.92 Å². The summed E-state index contributed by atoms with van der Waals surface area (Å²) < 4.78 is 1.62. The lowest BCUT2D eigenvalue weighted by molar-refractivity contribution is -0.389. The van der Waals surface area contributed by atoms with Gasteiger partial charge in [-0.05, 0) is 28.7 Å². The predicted molar refractivity (Wildman–Crippen MR) is 79.2 cm³/mol. The van der Waals surface area contributed by atoms with Crippen LogP contribution >= 0.6 is 0 Å². The van der Waals surface area contributed by atoms with Crippen LogP contribution in [0.25, 0.3) is 0 Å². The molecule has 1 N–H and O–H groups in total. The molecule has 1 saturated heterocycles. The second-order valence-electron chi connectivity index (χ2n) is 5.80. The number of amides is 1. The Morgan fingerprint density at radius 1 is 1.59 bits per heavy atom. The van der Waals surface area contributed by atoms with Crippen molar-refractivity contribution in [2.75, 3.05) is 13.2 Å². The van der Waals surface area contributed by atoms with Crippen LogP contribution in [-0.4, -0.2) is 49.6 Å². The molecular formula is C14H22N4O4. The molecule has 2 unspecified atom stereocenters. The molecule has 0 radical (unpaired) electrons. The molecule has 1 aromatic heterocycles. The van der Waals surface area contributed by atoms with E-state index in [0.29, 0.717) is 24.8 Å². The molecule has 1 fully saturated rings. The Labute approximate surface area is 128 Å². The highest BCUT2D eigenvalue weighted by atomic mass is 16.6. The predicted octanol–water partition coefficient (Wildman–Crippen LogP) is 1.11. The number of rotatable bonds is 5. The molecule has 0 bridgehead atoms. The summed E-state index contributed by atoms with van der Waals surface area (Å²) in [6, 6.07) is -0.125. The smallest absolute Gasteiger partial charge is 0.381 e. The molecule has 0 spiro atoms. The zero-order chi connectivity index (χ0) is 16.3. The highest BCUT2D eigenvalue weighted by Crippen LogP contribution is 2.23. The van der Waals surface area contributed by atoms with Crippen LogP contribution in [0.4, 0.5) is 5.82 Å². The van der Waals surface area contributed by atoms with E-state index in [1.165, 1.54) is 6.20 Å². The molecule has 1 aliphatic heterocycles. The van der Waals surface area contributed by atoms with Crippen molar-refractivity contribution in [3.63, 3.8) is 0 Å². The molecule has 0 saturated carbocycles. The van der Waals surface area contributed by atoms with Gasteiger partial charge in [0.15, 0.2) is 0 Å². The molecule has 8 nitrogen and oxygen atoms in total. The fourth-order valence-corrected chi connectivity index (χ4v) is 3.00. The van der Waals surface area contributed by atoms with Crippen LogP contribution in [0.3, 0.4) is 0 Å². The van der Waals surface area contributed by atoms with Gasteiger partial charge in [-0.1, -0.05) is 6.92 Å². The van der Waals surface area contributed by atoms with Crippen molar-refractivity contribution in [2.45, 2.75) is 45.7 Å². The van der Waals surface area contributed by atoms with Crippen LogP contribution in [0.2, 0.25) is 0 Å². The highest BCUT2D eigenvalue weighted by molar-refractivity contribution is 5.76. The largest absolute Gasteiger partial charge is 0.394 e. The van der Waals surface area contributed by atoms with Gasteiger partial charge in [0.1, 0.15) is 6.20 Å². The van der Waals surface area contributed by atoms with Crippen LogP contribution < -0.4 is 0 Å². The maximum Gasteiger partial charge on any atom is 0.381 e. The first kappa shape index (κ1) is 16.4. The summed E-state index contributed by atoms with van der Waals surface area (Å²) in [5.41, 5.74) is 0. The van der Waals surface area contributed by atoms with Crippen molar-refractivity contribution in [1.29, 1.82) is 0 Å². The standard InChI is InChI=1S/C14H22N4O4/c1-10-4-3-6-17(12(10)9-19)14(20)5-7-16-8-13(18(21)22)15-11(16)2/h8,10,12,19H,3-7,9H2,1-2H3. The molecule has 2 rings (SSSR count). The molecule has 0 aliphatic carbocycles. The maximum absolute atomic E-state index is 12.4. The van der Waals surface area contributed by atoms with Crippen LogP contribution in [0.5, 0.6) is 0 Å². The van der Waals surface area contributed by atoms with Gasteiger partial charge in [-0.3, -0.25) is 4.79 Å². The van der Waals surface area contributed by atoms with E-state index in [4.69, 9.17) is 0 Å². The molecule has 0 aromatic carbocycles. The minimum atomic E-state index is -0.542. The number of carbonyl (C=O) groups excluding carboxylic acids is 1. The van der Waals surface area contributed by atoms with Crippen molar-refractivity contribution in [1.82, 2.24) is 14.5 Å². The fourth-order valence-electron chi connectivity index (χ4n) is 3.00. The monoisotopic (exact) mass is 310 g/mol. The Bertz CT molecular complexity index is 557. The van der Waals surface area contributed by atoms with E-state index >= 15 is 0 Å². The molecule has 1 amide bonds. The Hall–Kier alpha value is -1.96. The third-order valence-electron chi connectivity index (χ3n) is 4.34. The summed E-state index contributed by atoms with van der Waals surface area (Å²) in [6.45, 7) is 4.72. The topological polar surface area (TPSA) is 102 Å². The second kappa shape index (κ2) is 6.87. The Balaban J connectivity index is 1.98. The van der Waals surface area contributed by atoms with Crippen LogP contribution in [-0.2, 0) is 11.3 Å². The zero-order valence-electron chi connectivity index (χ0n) is 12.9. The van der Waals surface area contributed by atoms with Gasteiger partial charge in [0, 0.05) is 26.4 Å². The summed E-state index contributed by atoms with van der Waals surface area (Å²) in [6.07, 6.45) is 3.56. The lowest BCUT2D eigenvalue weighted by Gasteiger charge is -2.39. The first-order chi connectivity index (χ1) is 10.4. The van der Waals surface area contributed by atoms with E-state index in [-0.39, 0.29) is 30.8 Å². The van der Waals surface area contributed by atoms with E-state index in [9.17, 15) is 20.0 Å². The van der Waals surface area contributed by atoms with Gasteiger partial charge in [-0.15, -0.1) is 0 Å². The second-order valence-corrected chi connectivity index (χ2v) is 5.80. The van der Waals surface area contributed by atoms with Gasteiger partial charge in [-0.25, -0.2) is 0 Å². The summed E-state index contributed by atoms with van der Waals surface area (Å²) in [4.78, 5) is 28.1. The van der Waals surface area contributed by atoms with Crippen LogP contribution in [0.15, 0.2) is 6.20 Å². The average molecular weight is 310 g/mol. The van der Waals surface area contributed by atoms with Gasteiger partial charge in [0.05, 0.1) is 12.6 Å². The fraction of sp³-hybridized carbons (Fsp3) is 0.714. The summed E-state index contributed by atoms with van der Waals surface area (Å²) in [5, 5.41) is 20.2.